The maximum atomic E-state index is 12.9. The van der Waals surface area contributed by atoms with E-state index in [0.717, 1.165) is 60.0 Å². The lowest BCUT2D eigenvalue weighted by Crippen LogP contribution is -2.39. The molecule has 1 aliphatic carbocycles. The molecule has 0 aliphatic heterocycles. The van der Waals surface area contributed by atoms with Crippen LogP contribution in [0.2, 0.25) is 5.02 Å². The van der Waals surface area contributed by atoms with Gasteiger partial charge in [-0.25, -0.2) is 18.4 Å². The molecule has 2 aromatic carbocycles. The zero-order chi connectivity index (χ0) is 28.9. The fourth-order valence-electron chi connectivity index (χ4n) is 4.83. The van der Waals surface area contributed by atoms with Crippen molar-refractivity contribution in [1.82, 2.24) is 10.3 Å². The van der Waals surface area contributed by atoms with Gasteiger partial charge in [0.15, 0.2) is 0 Å². The van der Waals surface area contributed by atoms with Crippen LogP contribution >= 0.6 is 11.6 Å². The second-order valence-corrected chi connectivity index (χ2v) is 11.9. The molecule has 1 saturated carbocycles. The Kier molecular flexibility index (Phi) is 9.44. The van der Waals surface area contributed by atoms with Gasteiger partial charge >= 0.3 is 0 Å². The number of anilines is 1. The van der Waals surface area contributed by atoms with Crippen LogP contribution in [0.15, 0.2) is 63.4 Å². The number of ether oxygens (including phenoxy) is 1. The molecule has 0 spiro atoms. The first-order valence-corrected chi connectivity index (χ1v) is 15.0. The minimum atomic E-state index is -3.94. The van der Waals surface area contributed by atoms with Crippen molar-refractivity contribution in [2.24, 2.45) is 15.7 Å². The van der Waals surface area contributed by atoms with Crippen molar-refractivity contribution in [1.29, 1.82) is 0 Å². The van der Waals surface area contributed by atoms with E-state index in [1.165, 1.54) is 19.2 Å². The van der Waals surface area contributed by atoms with Crippen LogP contribution < -0.4 is 20.5 Å². The summed E-state index contributed by atoms with van der Waals surface area (Å²) in [7, 11) is -2.44. The average Bonchev–Trinajstić information content (AvgIpc) is 2.94. The summed E-state index contributed by atoms with van der Waals surface area (Å²) in [6.07, 6.45) is 4.65. The van der Waals surface area contributed by atoms with Crippen molar-refractivity contribution >= 4 is 45.8 Å². The summed E-state index contributed by atoms with van der Waals surface area (Å²) in [5.74, 6) is 0.897. The minimum Gasteiger partial charge on any atom is -0.480 e. The van der Waals surface area contributed by atoms with E-state index in [1.807, 2.05) is 19.1 Å². The molecule has 0 saturated heterocycles. The zero-order valence-corrected chi connectivity index (χ0v) is 24.5. The lowest BCUT2D eigenvalue weighted by Gasteiger charge is -2.27. The molecule has 1 aromatic heterocycles. The van der Waals surface area contributed by atoms with Gasteiger partial charge < -0.3 is 15.8 Å². The van der Waals surface area contributed by atoms with Crippen molar-refractivity contribution < 1.29 is 13.2 Å². The number of hydrogen-bond donors (Lipinski definition) is 3. The third-order valence-corrected chi connectivity index (χ3v) is 8.82. The molecule has 1 aliphatic rings. The first-order chi connectivity index (χ1) is 19.1. The van der Waals surface area contributed by atoms with Gasteiger partial charge in [-0.05, 0) is 98.8 Å². The quantitative estimate of drug-likeness (QED) is 0.233. The number of halogens is 1. The number of aromatic nitrogens is 1. The molecule has 11 heteroatoms. The highest BCUT2D eigenvalue weighted by atomic mass is 35.5. The van der Waals surface area contributed by atoms with Gasteiger partial charge in [-0.2, -0.15) is 4.98 Å². The van der Waals surface area contributed by atoms with Crippen molar-refractivity contribution in [3.05, 3.63) is 64.7 Å². The van der Waals surface area contributed by atoms with Gasteiger partial charge in [0.25, 0.3) is 10.0 Å². The van der Waals surface area contributed by atoms with Gasteiger partial charge in [-0.3, -0.25) is 4.72 Å². The number of hydrogen-bond acceptors (Lipinski definition) is 6. The first kappa shape index (κ1) is 29.5. The third kappa shape index (κ3) is 6.80. The second kappa shape index (κ2) is 12.8. The number of rotatable bonds is 8. The lowest BCUT2D eigenvalue weighted by molar-refractivity contribution is 0.373. The highest BCUT2D eigenvalue weighted by Gasteiger charge is 2.21. The summed E-state index contributed by atoms with van der Waals surface area (Å²) in [5.41, 5.74) is 10.5. The predicted octanol–water partition coefficient (Wildman–Crippen LogP) is 5.63. The highest BCUT2D eigenvalue weighted by molar-refractivity contribution is 7.92. The molecule has 1 heterocycles. The summed E-state index contributed by atoms with van der Waals surface area (Å²) in [4.78, 5) is 13.4. The van der Waals surface area contributed by atoms with Crippen LogP contribution in [0.5, 0.6) is 5.88 Å². The van der Waals surface area contributed by atoms with Crippen molar-refractivity contribution in [3.8, 4) is 17.0 Å². The SMILES string of the molecule is C=N/C(=N\c1c(C)cc(-c2ccc(NS(=O)(=O)c3ccccc3Cl)nc2OC)cc1CC)N[C@H]1CC[C@H](N)CC1. The van der Waals surface area contributed by atoms with Crippen LogP contribution in [0, 0.1) is 6.92 Å². The molecule has 0 bridgehead atoms. The topological polar surface area (TPSA) is 131 Å². The van der Waals surface area contributed by atoms with E-state index in [4.69, 9.17) is 27.1 Å². The smallest absolute Gasteiger partial charge is 0.264 e. The molecular weight excluding hydrogens is 548 g/mol. The van der Waals surface area contributed by atoms with Gasteiger partial charge in [0.2, 0.25) is 11.8 Å². The number of benzene rings is 2. The number of sulfonamides is 1. The number of nitrogens with two attached hydrogens (primary N) is 1. The van der Waals surface area contributed by atoms with E-state index in [1.54, 1.807) is 24.3 Å². The molecule has 3 aromatic rings. The molecule has 212 valence electrons. The van der Waals surface area contributed by atoms with Crippen LogP contribution in [0.1, 0.15) is 43.7 Å². The van der Waals surface area contributed by atoms with Crippen molar-refractivity contribution in [3.63, 3.8) is 0 Å². The number of guanidine groups is 1. The minimum absolute atomic E-state index is 0.0317. The van der Waals surface area contributed by atoms with Gasteiger partial charge in [0.1, 0.15) is 10.7 Å². The van der Waals surface area contributed by atoms with Crippen LogP contribution in [0.4, 0.5) is 11.5 Å². The van der Waals surface area contributed by atoms with Crippen molar-refractivity contribution in [2.45, 2.75) is 62.9 Å². The van der Waals surface area contributed by atoms with Crippen molar-refractivity contribution in [2.75, 3.05) is 11.8 Å². The van der Waals surface area contributed by atoms with E-state index >= 15 is 0 Å². The number of methoxy groups -OCH3 is 1. The van der Waals surface area contributed by atoms with Gasteiger partial charge in [0, 0.05) is 17.6 Å². The average molecular weight is 583 g/mol. The Hall–Kier alpha value is -3.47. The van der Waals surface area contributed by atoms with Gasteiger partial charge in [0.05, 0.1) is 17.8 Å². The van der Waals surface area contributed by atoms with Gasteiger partial charge in [-0.15, -0.1) is 0 Å². The van der Waals surface area contributed by atoms with Crippen LogP contribution in [-0.4, -0.2) is 45.3 Å². The standard InChI is InChI=1S/C29H35ClN6O3S/c1-5-19-17-20(16-18(2)27(19)35-29(32-3)33-22-12-10-21(31)11-13-22)23-14-15-26(34-28(23)39-4)36-40(37,38)25-9-7-6-8-24(25)30/h6-9,14-17,21-22H,3,5,10-13,31H2,1-2,4H3,(H,33,35)(H,34,36)/t21-,22-. The molecule has 4 rings (SSSR count). The summed E-state index contributed by atoms with van der Waals surface area (Å²) in [6, 6.07) is 14.2. The summed E-state index contributed by atoms with van der Waals surface area (Å²) >= 11 is 6.10. The fourth-order valence-corrected chi connectivity index (χ4v) is 6.35. The maximum Gasteiger partial charge on any atom is 0.264 e. The Morgan fingerprint density at radius 3 is 2.55 bits per heavy atom. The first-order valence-electron chi connectivity index (χ1n) is 13.2. The number of nitrogens with zero attached hydrogens (tertiary/aromatic N) is 3. The molecular formula is C29H35ClN6O3S. The van der Waals surface area contributed by atoms with Crippen LogP contribution in [0.3, 0.4) is 0 Å². The van der Waals surface area contributed by atoms with Gasteiger partial charge in [-0.1, -0.05) is 30.7 Å². The Morgan fingerprint density at radius 1 is 1.18 bits per heavy atom. The number of pyridine rings is 1. The molecule has 0 radical (unpaired) electrons. The van der Waals surface area contributed by atoms with E-state index in [2.05, 4.69) is 33.7 Å². The lowest BCUT2D eigenvalue weighted by atomic mass is 9.92. The Balaban J connectivity index is 1.63. The molecule has 1 fully saturated rings. The third-order valence-electron chi connectivity index (χ3n) is 6.96. The predicted molar refractivity (Wildman–Crippen MR) is 163 cm³/mol. The number of aliphatic imine (C=N–C) groups is 2. The molecule has 9 nitrogen and oxygen atoms in total. The van der Waals surface area contributed by atoms with Crippen LogP contribution in [-0.2, 0) is 16.4 Å². The molecule has 0 amide bonds. The van der Waals surface area contributed by atoms with E-state index in [0.29, 0.717) is 5.96 Å². The maximum absolute atomic E-state index is 12.9. The van der Waals surface area contributed by atoms with Crippen LogP contribution in [0.25, 0.3) is 11.1 Å². The molecule has 40 heavy (non-hydrogen) atoms. The molecule has 0 unspecified atom stereocenters. The van der Waals surface area contributed by atoms with E-state index in [-0.39, 0.29) is 33.7 Å². The molecule has 0 atom stereocenters. The number of aryl methyl sites for hydroxylation is 2. The second-order valence-electron chi connectivity index (χ2n) is 9.79. The normalized spacial score (nSPS) is 17.8. The van der Waals surface area contributed by atoms with E-state index < -0.39 is 10.0 Å². The summed E-state index contributed by atoms with van der Waals surface area (Å²) < 4.78 is 33.8. The fraction of sp³-hybridized carbons (Fsp3) is 0.345. The zero-order valence-electron chi connectivity index (χ0n) is 22.9. The monoisotopic (exact) mass is 582 g/mol. The summed E-state index contributed by atoms with van der Waals surface area (Å²) in [6.45, 7) is 7.78. The Labute approximate surface area is 241 Å². The highest BCUT2D eigenvalue weighted by Crippen LogP contribution is 2.36. The Morgan fingerprint density at radius 2 is 1.90 bits per heavy atom. The van der Waals surface area contributed by atoms with E-state index in [9.17, 15) is 8.42 Å². The number of nitrogens with one attached hydrogen (secondary N) is 2. The largest absolute Gasteiger partial charge is 0.480 e. The molecule has 4 N–H and O–H groups in total. The Bertz CT molecular complexity index is 1520. The summed E-state index contributed by atoms with van der Waals surface area (Å²) in [5, 5.41) is 3.55.